The second-order valence-electron chi connectivity index (χ2n) is 6.04. The Balaban J connectivity index is 2.17. The van der Waals surface area contributed by atoms with Crippen molar-refractivity contribution in [2.75, 3.05) is 25.6 Å². The molecular formula is C19H24N4O4. The molecule has 1 aliphatic heterocycles. The van der Waals surface area contributed by atoms with Crippen LogP contribution in [0.15, 0.2) is 35.8 Å². The largest absolute Gasteiger partial charge is 0.493 e. The zero-order chi connectivity index (χ0) is 19.4. The lowest BCUT2D eigenvalue weighted by atomic mass is 9.94. The number of nitrogens with zero attached hydrogens (tertiary/aromatic N) is 3. The Morgan fingerprint density at radius 2 is 2.15 bits per heavy atom. The number of methoxy groups -OCH3 is 1. The van der Waals surface area contributed by atoms with Crippen LogP contribution < -0.4 is 14.8 Å². The van der Waals surface area contributed by atoms with E-state index >= 15 is 0 Å². The van der Waals surface area contributed by atoms with Gasteiger partial charge in [-0.2, -0.15) is 10.1 Å². The van der Waals surface area contributed by atoms with E-state index in [0.717, 1.165) is 12.0 Å². The molecule has 1 N–H and O–H groups in total. The number of para-hydroxylation sites is 1. The topological polar surface area (TPSA) is 87.5 Å². The van der Waals surface area contributed by atoms with Gasteiger partial charge in [-0.1, -0.05) is 19.1 Å². The summed E-state index contributed by atoms with van der Waals surface area (Å²) in [6, 6.07) is 5.04. The highest BCUT2D eigenvalue weighted by Gasteiger charge is 2.36. The van der Waals surface area contributed by atoms with Crippen LogP contribution in [0.25, 0.3) is 0 Å². The maximum atomic E-state index is 12.9. The Morgan fingerprint density at radius 1 is 1.33 bits per heavy atom. The molecule has 1 atom stereocenters. The van der Waals surface area contributed by atoms with Crippen molar-refractivity contribution in [1.82, 2.24) is 14.8 Å². The first kappa shape index (κ1) is 18.8. The molecule has 0 saturated carbocycles. The summed E-state index contributed by atoms with van der Waals surface area (Å²) < 4.78 is 18.4. The molecule has 1 aliphatic rings. The maximum absolute atomic E-state index is 12.9. The summed E-state index contributed by atoms with van der Waals surface area (Å²) in [6.07, 6.45) is 2.19. The number of aromatic nitrogens is 3. The van der Waals surface area contributed by atoms with Gasteiger partial charge in [-0.05, 0) is 26.3 Å². The van der Waals surface area contributed by atoms with Gasteiger partial charge in [0.05, 0.1) is 25.9 Å². The molecule has 3 rings (SSSR count). The van der Waals surface area contributed by atoms with Crippen LogP contribution in [-0.4, -0.2) is 41.1 Å². The molecule has 0 bridgehead atoms. The van der Waals surface area contributed by atoms with Gasteiger partial charge in [-0.15, -0.1) is 0 Å². The summed E-state index contributed by atoms with van der Waals surface area (Å²) in [5.41, 5.74) is 1.90. The first-order valence-electron chi connectivity index (χ1n) is 8.96. The lowest BCUT2D eigenvalue weighted by molar-refractivity contribution is -0.139. The Kier molecular flexibility index (Phi) is 5.63. The number of carbonyl (C=O) groups is 1. The molecule has 2 aromatic rings. The molecule has 0 amide bonds. The van der Waals surface area contributed by atoms with Gasteiger partial charge in [-0.25, -0.2) is 9.48 Å². The van der Waals surface area contributed by atoms with Crippen molar-refractivity contribution in [3.63, 3.8) is 0 Å². The average molecular weight is 372 g/mol. The second-order valence-corrected chi connectivity index (χ2v) is 6.04. The predicted molar refractivity (Wildman–Crippen MR) is 99.9 cm³/mol. The van der Waals surface area contributed by atoms with Gasteiger partial charge in [-0.3, -0.25) is 0 Å². The predicted octanol–water partition coefficient (Wildman–Crippen LogP) is 2.93. The van der Waals surface area contributed by atoms with Crippen molar-refractivity contribution in [3.8, 4) is 11.5 Å². The Labute approximate surface area is 158 Å². The van der Waals surface area contributed by atoms with Crippen LogP contribution in [-0.2, 0) is 9.53 Å². The summed E-state index contributed by atoms with van der Waals surface area (Å²) in [7, 11) is 1.59. The number of fused-ring (bicyclic) bond motifs is 1. The smallest absolute Gasteiger partial charge is 0.338 e. The highest BCUT2D eigenvalue weighted by Crippen LogP contribution is 2.42. The van der Waals surface area contributed by atoms with Crippen LogP contribution in [0.1, 0.15) is 38.8 Å². The molecule has 0 saturated heterocycles. The van der Waals surface area contributed by atoms with Crippen molar-refractivity contribution < 1.29 is 19.0 Å². The van der Waals surface area contributed by atoms with Gasteiger partial charge in [0.15, 0.2) is 11.5 Å². The molecule has 144 valence electrons. The molecular weight excluding hydrogens is 348 g/mol. The van der Waals surface area contributed by atoms with E-state index in [0.29, 0.717) is 41.9 Å². The normalized spacial score (nSPS) is 15.8. The summed E-state index contributed by atoms with van der Waals surface area (Å²) in [6.45, 7) is 6.49. The molecule has 2 heterocycles. The third-order valence-corrected chi connectivity index (χ3v) is 4.26. The fourth-order valence-electron chi connectivity index (χ4n) is 3.12. The summed E-state index contributed by atoms with van der Waals surface area (Å²) in [4.78, 5) is 17.1. The summed E-state index contributed by atoms with van der Waals surface area (Å²) >= 11 is 0. The first-order chi connectivity index (χ1) is 13.1. The monoisotopic (exact) mass is 372 g/mol. The number of hydrogen-bond donors (Lipinski definition) is 1. The SMILES string of the molecule is CCCOC(=O)C1=C(C)Nc2ncnn2C1c1cccc(OC)c1OCC. The minimum absolute atomic E-state index is 0.350. The number of anilines is 1. The average Bonchev–Trinajstić information content (AvgIpc) is 3.13. The third kappa shape index (κ3) is 3.47. The molecule has 1 aromatic heterocycles. The van der Waals surface area contributed by atoms with Crippen molar-refractivity contribution in [2.24, 2.45) is 0 Å². The van der Waals surface area contributed by atoms with Crippen molar-refractivity contribution in [1.29, 1.82) is 0 Å². The molecule has 8 heteroatoms. The van der Waals surface area contributed by atoms with Crippen LogP contribution in [0.3, 0.4) is 0 Å². The highest BCUT2D eigenvalue weighted by molar-refractivity contribution is 5.92. The number of carbonyl (C=O) groups excluding carboxylic acids is 1. The van der Waals surface area contributed by atoms with E-state index in [1.54, 1.807) is 11.8 Å². The number of hydrogen-bond acceptors (Lipinski definition) is 7. The Bertz CT molecular complexity index is 859. The van der Waals surface area contributed by atoms with Crippen LogP contribution in [0.4, 0.5) is 5.95 Å². The molecule has 0 fully saturated rings. The highest BCUT2D eigenvalue weighted by atomic mass is 16.5. The molecule has 27 heavy (non-hydrogen) atoms. The number of esters is 1. The number of benzene rings is 1. The molecule has 8 nitrogen and oxygen atoms in total. The van der Waals surface area contributed by atoms with Crippen LogP contribution in [0.5, 0.6) is 11.5 Å². The molecule has 0 radical (unpaired) electrons. The van der Waals surface area contributed by atoms with E-state index in [1.807, 2.05) is 39.0 Å². The standard InChI is InChI=1S/C19H24N4O4/c1-5-10-27-18(24)15-12(3)22-19-20-11-21-23(19)16(15)13-8-7-9-14(25-4)17(13)26-6-2/h7-9,11,16H,5-6,10H2,1-4H3,(H,20,21,22). The zero-order valence-corrected chi connectivity index (χ0v) is 16.0. The zero-order valence-electron chi connectivity index (χ0n) is 16.0. The van der Waals surface area contributed by atoms with Crippen LogP contribution >= 0.6 is 0 Å². The van der Waals surface area contributed by atoms with E-state index in [2.05, 4.69) is 15.4 Å². The Hall–Kier alpha value is -3.03. The van der Waals surface area contributed by atoms with E-state index in [-0.39, 0.29) is 0 Å². The van der Waals surface area contributed by atoms with E-state index in [4.69, 9.17) is 14.2 Å². The van der Waals surface area contributed by atoms with Crippen LogP contribution in [0, 0.1) is 0 Å². The van der Waals surface area contributed by atoms with E-state index in [9.17, 15) is 4.79 Å². The number of ether oxygens (including phenoxy) is 3. The number of rotatable bonds is 7. The quantitative estimate of drug-likeness (QED) is 0.748. The Morgan fingerprint density at radius 3 is 2.85 bits per heavy atom. The van der Waals surface area contributed by atoms with Gasteiger partial charge in [0.25, 0.3) is 0 Å². The lowest BCUT2D eigenvalue weighted by Crippen LogP contribution is -2.30. The molecule has 1 aromatic carbocycles. The minimum atomic E-state index is -0.537. The van der Waals surface area contributed by atoms with E-state index < -0.39 is 12.0 Å². The van der Waals surface area contributed by atoms with Gasteiger partial charge in [0, 0.05) is 11.3 Å². The lowest BCUT2D eigenvalue weighted by Gasteiger charge is -2.29. The third-order valence-electron chi connectivity index (χ3n) is 4.26. The number of allylic oxidation sites excluding steroid dienone is 1. The summed E-state index contributed by atoms with van der Waals surface area (Å²) in [5, 5.41) is 7.45. The second kappa shape index (κ2) is 8.11. The fourth-order valence-corrected chi connectivity index (χ4v) is 3.12. The minimum Gasteiger partial charge on any atom is -0.493 e. The maximum Gasteiger partial charge on any atom is 0.338 e. The molecule has 0 spiro atoms. The fraction of sp³-hybridized carbons (Fsp3) is 0.421. The van der Waals surface area contributed by atoms with Gasteiger partial charge in [0.2, 0.25) is 5.95 Å². The molecule has 1 unspecified atom stereocenters. The van der Waals surface area contributed by atoms with Gasteiger partial charge >= 0.3 is 5.97 Å². The van der Waals surface area contributed by atoms with Crippen molar-refractivity contribution >= 4 is 11.9 Å². The van der Waals surface area contributed by atoms with Crippen molar-refractivity contribution in [3.05, 3.63) is 41.4 Å². The first-order valence-corrected chi connectivity index (χ1v) is 8.96. The van der Waals surface area contributed by atoms with Crippen molar-refractivity contribution in [2.45, 2.75) is 33.2 Å². The van der Waals surface area contributed by atoms with Gasteiger partial charge in [0.1, 0.15) is 12.4 Å². The van der Waals surface area contributed by atoms with E-state index in [1.165, 1.54) is 6.33 Å². The molecule has 0 aliphatic carbocycles. The van der Waals surface area contributed by atoms with Gasteiger partial charge < -0.3 is 19.5 Å². The summed E-state index contributed by atoms with van der Waals surface area (Å²) in [5.74, 6) is 1.32. The van der Waals surface area contributed by atoms with Crippen LogP contribution in [0.2, 0.25) is 0 Å². The number of nitrogens with one attached hydrogen (secondary N) is 1.